The fourth-order valence-corrected chi connectivity index (χ4v) is 1.84. The van der Waals surface area contributed by atoms with Crippen molar-refractivity contribution in [2.24, 2.45) is 0 Å². The lowest BCUT2D eigenvalue weighted by Crippen LogP contribution is -2.11. The quantitative estimate of drug-likeness (QED) is 0.382. The Morgan fingerprint density at radius 1 is 1.39 bits per heavy atom. The van der Waals surface area contributed by atoms with Crippen molar-refractivity contribution in [3.8, 4) is 17.3 Å². The van der Waals surface area contributed by atoms with Crippen LogP contribution in [0.2, 0.25) is 0 Å². The predicted molar refractivity (Wildman–Crippen MR) is 80.4 cm³/mol. The minimum absolute atomic E-state index is 0.0601. The molecule has 0 amide bonds. The number of carbonyl (C=O) groups is 1. The van der Waals surface area contributed by atoms with E-state index >= 15 is 0 Å². The topological polar surface area (TPSA) is 88.0 Å². The molecular formula is C16H14FN3O3. The number of ether oxygens (including phenoxy) is 2. The highest BCUT2D eigenvalue weighted by Gasteiger charge is 2.13. The molecule has 7 heteroatoms. The van der Waals surface area contributed by atoms with E-state index in [1.54, 1.807) is 18.2 Å². The minimum atomic E-state index is -0.740. The number of rotatable bonds is 6. The minimum Gasteiger partial charge on any atom is -0.459 e. The van der Waals surface area contributed by atoms with Gasteiger partial charge in [-0.3, -0.25) is 5.10 Å². The van der Waals surface area contributed by atoms with E-state index in [-0.39, 0.29) is 24.6 Å². The fourth-order valence-electron chi connectivity index (χ4n) is 1.84. The highest BCUT2D eigenvalue weighted by atomic mass is 19.1. The van der Waals surface area contributed by atoms with Gasteiger partial charge >= 0.3 is 5.97 Å². The average molecular weight is 315 g/mol. The molecule has 0 saturated carbocycles. The number of carbonyl (C=O) groups excluding carboxylic acids is 1. The van der Waals surface area contributed by atoms with Crippen LogP contribution >= 0.6 is 0 Å². The van der Waals surface area contributed by atoms with E-state index in [1.807, 2.05) is 0 Å². The Morgan fingerprint density at radius 2 is 2.13 bits per heavy atom. The van der Waals surface area contributed by atoms with Gasteiger partial charge in [-0.25, -0.2) is 9.18 Å². The third-order valence-electron chi connectivity index (χ3n) is 2.96. The molecule has 0 aliphatic heterocycles. The van der Waals surface area contributed by atoms with Crippen molar-refractivity contribution < 1.29 is 18.7 Å². The number of benzene rings is 1. The fraction of sp³-hybridized carbons (Fsp3) is 0.188. The van der Waals surface area contributed by atoms with Crippen LogP contribution < -0.4 is 0 Å². The molecule has 0 unspecified atom stereocenters. The van der Waals surface area contributed by atoms with Crippen LogP contribution in [0.3, 0.4) is 0 Å². The number of halogens is 1. The van der Waals surface area contributed by atoms with E-state index in [4.69, 9.17) is 14.7 Å². The molecule has 6 nitrogen and oxygen atoms in total. The largest absolute Gasteiger partial charge is 0.459 e. The second kappa shape index (κ2) is 7.87. The van der Waals surface area contributed by atoms with Crippen LogP contribution in [-0.4, -0.2) is 36.5 Å². The summed E-state index contributed by atoms with van der Waals surface area (Å²) in [5.74, 6) is -1.10. The summed E-state index contributed by atoms with van der Waals surface area (Å²) in [6.45, 7) is 0.307. The number of nitrogens with zero attached hydrogens (tertiary/aromatic N) is 2. The summed E-state index contributed by atoms with van der Waals surface area (Å²) < 4.78 is 22.7. The summed E-state index contributed by atoms with van der Waals surface area (Å²) in [4.78, 5) is 11.8. The van der Waals surface area contributed by atoms with Crippen LogP contribution in [0.1, 0.15) is 5.56 Å². The van der Waals surface area contributed by atoms with E-state index in [0.29, 0.717) is 16.8 Å². The Balaban J connectivity index is 2.24. The highest BCUT2D eigenvalue weighted by Crippen LogP contribution is 2.23. The first-order valence-corrected chi connectivity index (χ1v) is 6.73. The van der Waals surface area contributed by atoms with Crippen LogP contribution in [-0.2, 0) is 14.3 Å². The molecule has 0 aliphatic rings. The SMILES string of the molecule is COCCOC(=O)/C(C#N)=C\c1cn[nH]c1-c1ccc(F)cc1. The first kappa shape index (κ1) is 16.4. The maximum Gasteiger partial charge on any atom is 0.348 e. The molecule has 118 valence electrons. The van der Waals surface area contributed by atoms with Crippen molar-refractivity contribution in [2.45, 2.75) is 0 Å². The zero-order valence-corrected chi connectivity index (χ0v) is 12.4. The van der Waals surface area contributed by atoms with E-state index in [2.05, 4.69) is 10.2 Å². The van der Waals surface area contributed by atoms with Crippen molar-refractivity contribution in [1.29, 1.82) is 5.26 Å². The van der Waals surface area contributed by atoms with Crippen molar-refractivity contribution in [2.75, 3.05) is 20.3 Å². The number of nitriles is 1. The molecule has 0 saturated heterocycles. The number of hydrogen-bond donors (Lipinski definition) is 1. The van der Waals surface area contributed by atoms with Crippen molar-refractivity contribution in [1.82, 2.24) is 10.2 Å². The van der Waals surface area contributed by atoms with Gasteiger partial charge in [0.25, 0.3) is 0 Å². The highest BCUT2D eigenvalue weighted by molar-refractivity contribution is 5.98. The molecule has 0 spiro atoms. The summed E-state index contributed by atoms with van der Waals surface area (Å²) in [5, 5.41) is 15.8. The summed E-state index contributed by atoms with van der Waals surface area (Å²) in [7, 11) is 1.48. The standard InChI is InChI=1S/C16H14FN3O3/c1-22-6-7-23-16(21)12(9-18)8-13-10-19-20-15(13)11-2-4-14(17)5-3-11/h2-5,8,10H,6-7H2,1H3,(H,19,20)/b12-8-. The molecule has 0 atom stereocenters. The van der Waals surface area contributed by atoms with Gasteiger partial charge in [-0.1, -0.05) is 0 Å². The van der Waals surface area contributed by atoms with Crippen molar-refractivity contribution in [3.05, 3.63) is 47.4 Å². The lowest BCUT2D eigenvalue weighted by Gasteiger charge is -2.03. The lowest BCUT2D eigenvalue weighted by atomic mass is 10.1. The number of hydrogen-bond acceptors (Lipinski definition) is 5. The molecule has 0 aliphatic carbocycles. The van der Waals surface area contributed by atoms with Crippen LogP contribution in [0.25, 0.3) is 17.3 Å². The van der Waals surface area contributed by atoms with E-state index in [0.717, 1.165) is 0 Å². The molecule has 23 heavy (non-hydrogen) atoms. The maximum absolute atomic E-state index is 13.0. The second-order valence-electron chi connectivity index (χ2n) is 4.51. The zero-order valence-electron chi connectivity index (χ0n) is 12.4. The number of nitrogens with one attached hydrogen (secondary N) is 1. The Morgan fingerprint density at radius 3 is 2.78 bits per heavy atom. The molecule has 1 aromatic heterocycles. The number of esters is 1. The van der Waals surface area contributed by atoms with E-state index in [1.165, 1.54) is 31.5 Å². The second-order valence-corrected chi connectivity index (χ2v) is 4.51. The van der Waals surface area contributed by atoms with Gasteiger partial charge in [-0.15, -0.1) is 0 Å². The van der Waals surface area contributed by atoms with Gasteiger partial charge in [0.2, 0.25) is 0 Å². The first-order chi connectivity index (χ1) is 11.2. The Bertz CT molecular complexity index is 745. The molecule has 1 aromatic carbocycles. The van der Waals surface area contributed by atoms with Gasteiger partial charge in [-0.05, 0) is 30.3 Å². The van der Waals surface area contributed by atoms with Gasteiger partial charge in [-0.2, -0.15) is 10.4 Å². The average Bonchev–Trinajstić information content (AvgIpc) is 3.01. The zero-order chi connectivity index (χ0) is 16.7. The van der Waals surface area contributed by atoms with E-state index < -0.39 is 5.97 Å². The van der Waals surface area contributed by atoms with Gasteiger partial charge in [0.15, 0.2) is 0 Å². The van der Waals surface area contributed by atoms with E-state index in [9.17, 15) is 9.18 Å². The summed E-state index contributed by atoms with van der Waals surface area (Å²) in [5.41, 5.74) is 1.62. The molecule has 0 fully saturated rings. The van der Waals surface area contributed by atoms with Crippen LogP contribution in [0.4, 0.5) is 4.39 Å². The Kier molecular flexibility index (Phi) is 5.61. The maximum atomic E-state index is 13.0. The Hall–Kier alpha value is -2.98. The summed E-state index contributed by atoms with van der Waals surface area (Å²) >= 11 is 0. The number of H-pyrrole nitrogens is 1. The summed E-state index contributed by atoms with van der Waals surface area (Å²) in [6, 6.07) is 7.57. The Labute approximate surface area is 132 Å². The molecule has 2 rings (SSSR count). The summed E-state index contributed by atoms with van der Waals surface area (Å²) in [6.07, 6.45) is 2.84. The van der Waals surface area contributed by atoms with Crippen molar-refractivity contribution >= 4 is 12.0 Å². The van der Waals surface area contributed by atoms with Gasteiger partial charge in [0.05, 0.1) is 18.5 Å². The number of aromatic nitrogens is 2. The van der Waals surface area contributed by atoms with Gasteiger partial charge in [0.1, 0.15) is 24.1 Å². The predicted octanol–water partition coefficient (Wildman–Crippen LogP) is 2.31. The van der Waals surface area contributed by atoms with Crippen LogP contribution in [0, 0.1) is 17.1 Å². The number of aromatic amines is 1. The third kappa shape index (κ3) is 4.25. The van der Waals surface area contributed by atoms with Crippen LogP contribution in [0.5, 0.6) is 0 Å². The molecule has 0 bridgehead atoms. The molecular weight excluding hydrogens is 301 g/mol. The lowest BCUT2D eigenvalue weighted by molar-refractivity contribution is -0.139. The first-order valence-electron chi connectivity index (χ1n) is 6.73. The molecule has 1 N–H and O–H groups in total. The monoisotopic (exact) mass is 315 g/mol. The number of methoxy groups -OCH3 is 1. The van der Waals surface area contributed by atoms with Crippen LogP contribution in [0.15, 0.2) is 36.0 Å². The van der Waals surface area contributed by atoms with Crippen molar-refractivity contribution in [3.63, 3.8) is 0 Å². The molecule has 0 radical (unpaired) electrons. The normalized spacial score (nSPS) is 11.1. The van der Waals surface area contributed by atoms with Gasteiger partial charge < -0.3 is 9.47 Å². The van der Waals surface area contributed by atoms with Gasteiger partial charge in [0, 0.05) is 18.2 Å². The third-order valence-corrected chi connectivity index (χ3v) is 2.96. The smallest absolute Gasteiger partial charge is 0.348 e. The molecule has 1 heterocycles. The molecule has 2 aromatic rings.